The molecule has 2 rings (SSSR count). The molecule has 2 heterocycles. The molecule has 6 heteroatoms. The zero-order valence-corrected chi connectivity index (χ0v) is 32.1. The van der Waals surface area contributed by atoms with Crippen molar-refractivity contribution >= 4 is 11.9 Å². The third-order valence-corrected chi connectivity index (χ3v) is 14.8. The summed E-state index contributed by atoms with van der Waals surface area (Å²) in [6.07, 6.45) is 3.25. The van der Waals surface area contributed by atoms with Crippen LogP contribution in [0.5, 0.6) is 0 Å². The van der Waals surface area contributed by atoms with E-state index in [-0.39, 0.29) is 74.9 Å². The number of carbonyl (C=O) groups excluding carboxylic acids is 2. The van der Waals surface area contributed by atoms with E-state index >= 15 is 0 Å². The highest BCUT2D eigenvalue weighted by atomic mass is 16.4. The maximum absolute atomic E-state index is 14.2. The van der Waals surface area contributed by atoms with Crippen LogP contribution in [0.15, 0.2) is 0 Å². The van der Waals surface area contributed by atoms with E-state index in [1.165, 1.54) is 0 Å². The van der Waals surface area contributed by atoms with E-state index < -0.39 is 17.4 Å². The first-order valence-electron chi connectivity index (χ1n) is 17.2. The molecule has 4 unspecified atom stereocenters. The molecule has 6 nitrogen and oxygen atoms in total. The normalized spacial score (nSPS) is 36.6. The summed E-state index contributed by atoms with van der Waals surface area (Å²) >= 11 is 0. The van der Waals surface area contributed by atoms with Gasteiger partial charge in [-0.1, -0.05) is 83.1 Å². The lowest BCUT2D eigenvalue weighted by Crippen LogP contribution is -2.74. The van der Waals surface area contributed by atoms with Crippen molar-refractivity contribution in [2.75, 3.05) is 14.1 Å². The molecule has 0 radical (unpaired) electrons. The SMILES string of the molecule is CN1C(C)(C(C)(C)C)CC(C(CCCC(=O)[O-])(C(=O)[O-])C2CC(C)(C(C)(C)C)N(C)C(C)(C(C)(C)C)C2)CC1(C)C(C)(C)C. The van der Waals surface area contributed by atoms with Crippen molar-refractivity contribution in [3.05, 3.63) is 0 Å². The van der Waals surface area contributed by atoms with Gasteiger partial charge in [0.05, 0.1) is 0 Å². The summed E-state index contributed by atoms with van der Waals surface area (Å²) in [5.41, 5.74) is -2.97. The van der Waals surface area contributed by atoms with Gasteiger partial charge in [-0.05, 0) is 120 Å². The summed E-state index contributed by atoms with van der Waals surface area (Å²) in [5.74, 6) is -2.51. The van der Waals surface area contributed by atoms with Gasteiger partial charge in [-0.2, -0.15) is 0 Å². The minimum absolute atomic E-state index is 0.137. The smallest absolute Gasteiger partial charge is 0.0481 e. The molecule has 0 N–H and O–H groups in total. The molecule has 2 aliphatic rings. The predicted octanol–water partition coefficient (Wildman–Crippen LogP) is 6.55. The fraction of sp³-hybridized carbons (Fsp3) is 0.947. The fourth-order valence-corrected chi connectivity index (χ4v) is 9.37. The summed E-state index contributed by atoms with van der Waals surface area (Å²) in [7, 11) is 4.46. The summed E-state index contributed by atoms with van der Waals surface area (Å²) in [6, 6.07) is 0. The average Bonchev–Trinajstić information content (AvgIpc) is 2.80. The van der Waals surface area contributed by atoms with Crippen LogP contribution in [0.4, 0.5) is 0 Å². The highest BCUT2D eigenvalue weighted by Crippen LogP contribution is 2.64. The van der Waals surface area contributed by atoms with E-state index in [1.54, 1.807) is 0 Å². The Bertz CT molecular complexity index is 946. The number of likely N-dealkylation sites (tertiary alicyclic amines) is 2. The van der Waals surface area contributed by atoms with Gasteiger partial charge >= 0.3 is 0 Å². The first-order chi connectivity index (χ1) is 19.3. The molecular weight excluding hydrogens is 548 g/mol. The molecule has 4 atom stereocenters. The molecule has 2 aliphatic heterocycles. The van der Waals surface area contributed by atoms with Gasteiger partial charge in [-0.15, -0.1) is 0 Å². The van der Waals surface area contributed by atoms with Crippen LogP contribution in [0.3, 0.4) is 0 Å². The van der Waals surface area contributed by atoms with E-state index in [0.29, 0.717) is 25.7 Å². The van der Waals surface area contributed by atoms with Crippen LogP contribution >= 0.6 is 0 Å². The quantitative estimate of drug-likeness (QED) is 0.322. The summed E-state index contributed by atoms with van der Waals surface area (Å²) in [4.78, 5) is 31.0. The number of carboxylic acids is 2. The topological polar surface area (TPSA) is 86.7 Å². The van der Waals surface area contributed by atoms with Gasteiger partial charge in [0.25, 0.3) is 0 Å². The lowest BCUT2D eigenvalue weighted by Gasteiger charge is -2.70. The first kappa shape index (κ1) is 39.0. The highest BCUT2D eigenvalue weighted by molar-refractivity contribution is 5.74. The highest BCUT2D eigenvalue weighted by Gasteiger charge is 2.65. The van der Waals surface area contributed by atoms with Crippen molar-refractivity contribution in [2.45, 2.75) is 178 Å². The van der Waals surface area contributed by atoms with E-state index in [0.717, 1.165) is 0 Å². The zero-order chi connectivity index (χ0) is 34.9. The van der Waals surface area contributed by atoms with Crippen LogP contribution in [0.2, 0.25) is 0 Å². The van der Waals surface area contributed by atoms with E-state index in [2.05, 4.69) is 135 Å². The molecule has 0 saturated carbocycles. The molecule has 2 saturated heterocycles. The monoisotopic (exact) mass is 619 g/mol. The van der Waals surface area contributed by atoms with Crippen LogP contribution in [-0.4, -0.2) is 58.0 Å². The third kappa shape index (κ3) is 6.02. The number of aliphatic carboxylic acids is 2. The number of rotatable bonds is 7. The Morgan fingerprint density at radius 3 is 1.02 bits per heavy atom. The fourth-order valence-electron chi connectivity index (χ4n) is 9.37. The molecule has 0 aromatic heterocycles. The molecule has 0 aromatic carbocycles. The lowest BCUT2D eigenvalue weighted by molar-refractivity contribution is -0.333. The first-order valence-corrected chi connectivity index (χ1v) is 17.2. The van der Waals surface area contributed by atoms with Gasteiger partial charge in [0, 0.05) is 39.5 Å². The van der Waals surface area contributed by atoms with Crippen LogP contribution in [0.1, 0.15) is 156 Å². The van der Waals surface area contributed by atoms with Gasteiger partial charge in [-0.3, -0.25) is 9.80 Å². The Balaban J connectivity index is 3.03. The molecule has 0 amide bonds. The number of nitrogens with zero attached hydrogens (tertiary/aromatic N) is 2. The Morgan fingerprint density at radius 2 is 0.841 bits per heavy atom. The van der Waals surface area contributed by atoms with Crippen molar-refractivity contribution in [3.63, 3.8) is 0 Å². The zero-order valence-electron chi connectivity index (χ0n) is 32.1. The van der Waals surface area contributed by atoms with Crippen molar-refractivity contribution in [2.24, 2.45) is 38.9 Å². The van der Waals surface area contributed by atoms with Crippen molar-refractivity contribution in [3.8, 4) is 0 Å². The molecule has 0 aliphatic carbocycles. The second-order valence-corrected chi connectivity index (χ2v) is 20.0. The average molecular weight is 619 g/mol. The van der Waals surface area contributed by atoms with Gasteiger partial charge in [0.15, 0.2) is 0 Å². The largest absolute Gasteiger partial charge is 0.550 e. The van der Waals surface area contributed by atoms with Gasteiger partial charge in [0.1, 0.15) is 0 Å². The minimum atomic E-state index is -1.20. The van der Waals surface area contributed by atoms with E-state index in [1.807, 2.05) is 0 Å². The van der Waals surface area contributed by atoms with Gasteiger partial charge in [-0.25, -0.2) is 0 Å². The number of hydrogen-bond donors (Lipinski definition) is 0. The predicted molar refractivity (Wildman–Crippen MR) is 179 cm³/mol. The molecule has 2 fully saturated rings. The van der Waals surface area contributed by atoms with Crippen LogP contribution in [0.25, 0.3) is 0 Å². The Morgan fingerprint density at radius 1 is 0.591 bits per heavy atom. The standard InChI is InChI=1S/C38H72N2O4/c1-30(2,3)34(13)22-26(23-35(14,39(34)17)31(4,5)6)38(29(43)44,21-19-20-28(41)42)27-24-36(15,32(7,8)9)40(18)37(16,25-27)33(10,11)12/h26-27H,19-25H2,1-18H3,(H,41,42)(H,43,44)/p-2. The second-order valence-electron chi connectivity index (χ2n) is 20.0. The number of hydrogen-bond acceptors (Lipinski definition) is 6. The van der Waals surface area contributed by atoms with Crippen molar-refractivity contribution < 1.29 is 19.8 Å². The number of carbonyl (C=O) groups is 2. The Hall–Kier alpha value is -1.14. The number of carboxylic acid groups (broad SMARTS) is 2. The summed E-state index contributed by atoms with van der Waals surface area (Å²) in [6.45, 7) is 36.5. The van der Waals surface area contributed by atoms with Crippen LogP contribution < -0.4 is 10.2 Å². The maximum Gasteiger partial charge on any atom is 0.0481 e. The molecular formula is C38H70N2O4-2. The molecule has 0 spiro atoms. The lowest BCUT2D eigenvalue weighted by atomic mass is 9.46. The molecule has 44 heavy (non-hydrogen) atoms. The van der Waals surface area contributed by atoms with Crippen LogP contribution in [0, 0.1) is 38.9 Å². The van der Waals surface area contributed by atoms with E-state index in [4.69, 9.17) is 0 Å². The number of piperidine rings is 2. The minimum Gasteiger partial charge on any atom is -0.550 e. The van der Waals surface area contributed by atoms with Crippen molar-refractivity contribution in [1.29, 1.82) is 0 Å². The van der Waals surface area contributed by atoms with Crippen LogP contribution in [-0.2, 0) is 9.59 Å². The Labute approximate surface area is 272 Å². The van der Waals surface area contributed by atoms with Gasteiger partial charge in [0.2, 0.25) is 0 Å². The Kier molecular flexibility index (Phi) is 10.2. The van der Waals surface area contributed by atoms with Gasteiger partial charge < -0.3 is 19.8 Å². The molecule has 258 valence electrons. The third-order valence-electron chi connectivity index (χ3n) is 14.8. The van der Waals surface area contributed by atoms with Crippen molar-refractivity contribution in [1.82, 2.24) is 9.80 Å². The molecule has 0 aromatic rings. The summed E-state index contributed by atoms with van der Waals surface area (Å²) in [5, 5.41) is 25.9. The second kappa shape index (κ2) is 11.5. The van der Waals surface area contributed by atoms with E-state index in [9.17, 15) is 19.8 Å². The summed E-state index contributed by atoms with van der Waals surface area (Å²) < 4.78 is 0. The molecule has 0 bridgehead atoms. The maximum atomic E-state index is 14.2.